The van der Waals surface area contributed by atoms with E-state index in [9.17, 15) is 0 Å². The Morgan fingerprint density at radius 2 is 1.00 bits per heavy atom. The second-order valence-corrected chi connectivity index (χ2v) is 1.67. The van der Waals surface area contributed by atoms with E-state index in [4.69, 9.17) is 10.2 Å². The van der Waals surface area contributed by atoms with Crippen molar-refractivity contribution >= 4 is 0 Å². The predicted molar refractivity (Wildman–Crippen MR) is 37.4 cm³/mol. The van der Waals surface area contributed by atoms with Gasteiger partial charge < -0.3 is 19.7 Å². The van der Waals surface area contributed by atoms with E-state index in [0.717, 1.165) is 0 Å². The Labute approximate surface area is 80.3 Å². The molecule has 4 nitrogen and oxygen atoms in total. The predicted octanol–water partition coefficient (Wildman–Crippen LogP) is -0.0603. The summed E-state index contributed by atoms with van der Waals surface area (Å²) in [4.78, 5) is 0. The molecule has 0 aliphatic carbocycles. The van der Waals surface area contributed by atoms with Gasteiger partial charge in [-0.1, -0.05) is 0 Å². The summed E-state index contributed by atoms with van der Waals surface area (Å²) in [5, 5.41) is 16.3. The molecule has 0 amide bonds. The fourth-order valence-electron chi connectivity index (χ4n) is 0. The topological polar surface area (TPSA) is 58.9 Å². The van der Waals surface area contributed by atoms with E-state index in [1.54, 1.807) is 13.8 Å². The van der Waals surface area contributed by atoms with Crippen molar-refractivity contribution in [2.75, 3.05) is 14.2 Å². The van der Waals surface area contributed by atoms with E-state index in [1.165, 1.54) is 14.2 Å². The molecule has 0 heterocycles. The van der Waals surface area contributed by atoms with Crippen molar-refractivity contribution in [3.8, 4) is 0 Å². The molecule has 66 valence electrons. The Hall–Kier alpha value is 0.463. The average Bonchev–Trinajstić information content (AvgIpc) is 1.89. The third-order valence-electron chi connectivity index (χ3n) is 0.682. The number of ether oxygens (including phenoxy) is 2. The van der Waals surface area contributed by atoms with Crippen molar-refractivity contribution in [1.29, 1.82) is 0 Å². The van der Waals surface area contributed by atoms with Crippen molar-refractivity contribution < 1.29 is 39.2 Å². The number of hydrogen-bond donors (Lipinski definition) is 2. The molecule has 2 N–H and O–H groups in total. The first kappa shape index (κ1) is 17.5. The summed E-state index contributed by atoms with van der Waals surface area (Å²) in [6.07, 6.45) is -1.23. The SMILES string of the molecule is COC(C)O.COC(C)O.[Zn]. The molecule has 0 bridgehead atoms. The van der Waals surface area contributed by atoms with Crippen molar-refractivity contribution in [1.82, 2.24) is 0 Å². The summed E-state index contributed by atoms with van der Waals surface area (Å²) in [5.41, 5.74) is 0. The molecule has 0 aliphatic rings. The number of aliphatic hydroxyl groups excluding tert-OH is 2. The van der Waals surface area contributed by atoms with Crippen LogP contribution in [0.1, 0.15) is 13.8 Å². The Bertz CT molecular complexity index is 50.5. The van der Waals surface area contributed by atoms with Gasteiger partial charge in [-0.2, -0.15) is 0 Å². The van der Waals surface area contributed by atoms with Gasteiger partial charge in [-0.05, 0) is 13.8 Å². The second-order valence-electron chi connectivity index (χ2n) is 1.67. The van der Waals surface area contributed by atoms with Gasteiger partial charge in [-0.3, -0.25) is 0 Å². The molecule has 0 aromatic carbocycles. The minimum absolute atomic E-state index is 0. The Balaban J connectivity index is -0.000000107. The zero-order chi connectivity index (χ0) is 8.57. The molecule has 0 saturated carbocycles. The number of aliphatic hydroxyl groups is 2. The van der Waals surface area contributed by atoms with Gasteiger partial charge in [-0.15, -0.1) is 0 Å². The number of methoxy groups -OCH3 is 2. The van der Waals surface area contributed by atoms with E-state index < -0.39 is 12.6 Å². The van der Waals surface area contributed by atoms with Crippen LogP contribution in [-0.2, 0) is 29.0 Å². The molecular weight excluding hydrogens is 201 g/mol. The largest absolute Gasteiger partial charge is 0.368 e. The first-order valence-corrected chi connectivity index (χ1v) is 2.96. The molecule has 0 fully saturated rings. The molecule has 0 aromatic rings. The van der Waals surface area contributed by atoms with Crippen molar-refractivity contribution in [2.24, 2.45) is 0 Å². The average molecular weight is 218 g/mol. The first-order chi connectivity index (χ1) is 4.54. The van der Waals surface area contributed by atoms with Crippen LogP contribution in [0.5, 0.6) is 0 Å². The van der Waals surface area contributed by atoms with E-state index >= 15 is 0 Å². The summed E-state index contributed by atoms with van der Waals surface area (Å²) >= 11 is 0. The third-order valence-corrected chi connectivity index (χ3v) is 0.682. The van der Waals surface area contributed by atoms with E-state index in [2.05, 4.69) is 9.47 Å². The van der Waals surface area contributed by atoms with E-state index in [1.807, 2.05) is 0 Å². The Kier molecular flexibility index (Phi) is 20.8. The minimum Gasteiger partial charge on any atom is -0.368 e. The van der Waals surface area contributed by atoms with Gasteiger partial charge in [0.15, 0.2) is 12.6 Å². The van der Waals surface area contributed by atoms with Crippen LogP contribution in [0.2, 0.25) is 0 Å². The maximum atomic E-state index is 8.14. The van der Waals surface area contributed by atoms with Gasteiger partial charge in [0.1, 0.15) is 0 Å². The summed E-state index contributed by atoms with van der Waals surface area (Å²) < 4.78 is 8.61. The smallest absolute Gasteiger partial charge is 0.151 e. The monoisotopic (exact) mass is 216 g/mol. The van der Waals surface area contributed by atoms with Gasteiger partial charge in [0.25, 0.3) is 0 Å². The number of hydrogen-bond acceptors (Lipinski definition) is 4. The molecule has 0 aromatic heterocycles. The van der Waals surface area contributed by atoms with E-state index in [0.29, 0.717) is 0 Å². The summed E-state index contributed by atoms with van der Waals surface area (Å²) in [6.45, 7) is 3.11. The summed E-state index contributed by atoms with van der Waals surface area (Å²) in [7, 11) is 2.90. The maximum absolute atomic E-state index is 8.14. The Morgan fingerprint density at radius 3 is 1.00 bits per heavy atom. The van der Waals surface area contributed by atoms with Gasteiger partial charge in [-0.25, -0.2) is 0 Å². The maximum Gasteiger partial charge on any atom is 0.151 e. The normalized spacial score (nSPS) is 13.6. The second kappa shape index (κ2) is 13.1. The molecule has 0 rings (SSSR count). The van der Waals surface area contributed by atoms with Crippen LogP contribution in [0.15, 0.2) is 0 Å². The third kappa shape index (κ3) is 37.6. The fraction of sp³-hybridized carbons (Fsp3) is 1.00. The summed E-state index contributed by atoms with van der Waals surface area (Å²) in [6, 6.07) is 0. The molecule has 0 saturated heterocycles. The van der Waals surface area contributed by atoms with Crippen LogP contribution in [0.3, 0.4) is 0 Å². The molecule has 5 heteroatoms. The zero-order valence-corrected chi connectivity index (χ0v) is 10.5. The Morgan fingerprint density at radius 1 is 0.909 bits per heavy atom. The quantitative estimate of drug-likeness (QED) is 0.503. The molecule has 11 heavy (non-hydrogen) atoms. The minimum atomic E-state index is -0.616. The molecule has 0 spiro atoms. The van der Waals surface area contributed by atoms with E-state index in [-0.39, 0.29) is 19.5 Å². The van der Waals surface area contributed by atoms with Gasteiger partial charge in [0.2, 0.25) is 0 Å². The fourth-order valence-corrected chi connectivity index (χ4v) is 0. The standard InChI is InChI=1S/2C3H8O2.Zn/c2*1-3(4)5-2;/h2*3-4H,1-2H3;. The van der Waals surface area contributed by atoms with Crippen LogP contribution >= 0.6 is 0 Å². The summed E-state index contributed by atoms with van der Waals surface area (Å²) in [5.74, 6) is 0. The van der Waals surface area contributed by atoms with Crippen molar-refractivity contribution in [3.05, 3.63) is 0 Å². The van der Waals surface area contributed by atoms with Crippen LogP contribution < -0.4 is 0 Å². The van der Waals surface area contributed by atoms with Gasteiger partial charge in [0.05, 0.1) is 0 Å². The zero-order valence-electron chi connectivity index (χ0n) is 7.57. The van der Waals surface area contributed by atoms with Crippen LogP contribution in [-0.4, -0.2) is 37.0 Å². The van der Waals surface area contributed by atoms with Crippen molar-refractivity contribution in [2.45, 2.75) is 26.4 Å². The van der Waals surface area contributed by atoms with Gasteiger partial charge in [0, 0.05) is 33.7 Å². The van der Waals surface area contributed by atoms with Gasteiger partial charge >= 0.3 is 0 Å². The molecule has 2 unspecified atom stereocenters. The molecular formula is C6H16O4Zn. The first-order valence-electron chi connectivity index (χ1n) is 2.96. The number of rotatable bonds is 2. The van der Waals surface area contributed by atoms with Crippen LogP contribution in [0, 0.1) is 0 Å². The molecule has 0 aliphatic heterocycles. The van der Waals surface area contributed by atoms with Crippen molar-refractivity contribution in [3.63, 3.8) is 0 Å². The van der Waals surface area contributed by atoms with Crippen LogP contribution in [0.4, 0.5) is 0 Å². The van der Waals surface area contributed by atoms with Crippen LogP contribution in [0.25, 0.3) is 0 Å². The molecule has 0 radical (unpaired) electrons. The molecule has 2 atom stereocenters.